The number of hydrogen-bond donors (Lipinski definition) is 1. The Kier molecular flexibility index (Phi) is 8.77. The van der Waals surface area contributed by atoms with Gasteiger partial charge >= 0.3 is 0 Å². The second-order valence-electron chi connectivity index (χ2n) is 8.13. The molecule has 0 bridgehead atoms. The molecule has 1 aromatic rings. The zero-order chi connectivity index (χ0) is 20.4. The molecular formula is C20H37IN6O. The maximum atomic E-state index is 12.7. The van der Waals surface area contributed by atoms with Crippen LogP contribution in [0.1, 0.15) is 58.5 Å². The summed E-state index contributed by atoms with van der Waals surface area (Å²) in [5.74, 6) is 0.918. The van der Waals surface area contributed by atoms with E-state index in [9.17, 15) is 4.79 Å². The number of halogens is 1. The number of hydrogen-bond acceptors (Lipinski definition) is 3. The Balaban J connectivity index is 0.00000392. The number of rotatable bonds is 5. The number of aryl methyl sites for hydroxylation is 2. The minimum Gasteiger partial charge on any atom is -0.352 e. The Morgan fingerprint density at radius 3 is 2.39 bits per heavy atom. The molecule has 1 fully saturated rings. The number of aromatic nitrogens is 2. The lowest BCUT2D eigenvalue weighted by molar-refractivity contribution is -0.145. The highest BCUT2D eigenvalue weighted by Crippen LogP contribution is 2.24. The minimum absolute atomic E-state index is 0. The zero-order valence-corrected chi connectivity index (χ0v) is 21.0. The van der Waals surface area contributed by atoms with Crippen molar-refractivity contribution in [1.82, 2.24) is 24.9 Å². The first-order valence-corrected chi connectivity index (χ1v) is 9.97. The zero-order valence-electron chi connectivity index (χ0n) is 18.7. The van der Waals surface area contributed by atoms with Crippen LogP contribution in [0.4, 0.5) is 0 Å². The summed E-state index contributed by atoms with van der Waals surface area (Å²) < 4.78 is 1.98. The number of aliphatic imine (C=N–C) groups is 1. The Labute approximate surface area is 187 Å². The molecule has 160 valence electrons. The molecule has 0 radical (unpaired) electrons. The molecule has 8 heteroatoms. The van der Waals surface area contributed by atoms with Gasteiger partial charge in [-0.25, -0.2) is 0 Å². The molecule has 1 aliphatic heterocycles. The van der Waals surface area contributed by atoms with Crippen LogP contribution in [-0.4, -0.2) is 63.2 Å². The maximum Gasteiger partial charge on any atom is 0.242 e. The first-order chi connectivity index (χ1) is 12.7. The normalized spacial score (nSPS) is 17.2. The van der Waals surface area contributed by atoms with Crippen molar-refractivity contribution >= 4 is 35.8 Å². The van der Waals surface area contributed by atoms with Gasteiger partial charge in [-0.1, -0.05) is 13.8 Å². The van der Waals surface area contributed by atoms with E-state index in [1.165, 1.54) is 11.3 Å². The van der Waals surface area contributed by atoms with Crippen LogP contribution in [-0.2, 0) is 31.2 Å². The molecule has 0 saturated carbocycles. The quantitative estimate of drug-likeness (QED) is 0.381. The molecule has 0 atom stereocenters. The molecule has 1 saturated heterocycles. The standard InChI is InChI=1S/C20H36N6O.HI/c1-9-16-15(17(10-2)24(8)23-16)11-22-19(21-7)25-12-18(27)26(14(3)4)20(5,6)13-25;/h14H,9-13H2,1-8H3,(H,21,22);1H. The summed E-state index contributed by atoms with van der Waals surface area (Å²) in [6.45, 7) is 14.5. The van der Waals surface area contributed by atoms with Gasteiger partial charge in [0.1, 0.15) is 0 Å². The summed E-state index contributed by atoms with van der Waals surface area (Å²) in [5.41, 5.74) is 3.38. The average molecular weight is 504 g/mol. The predicted octanol–water partition coefficient (Wildman–Crippen LogP) is 2.57. The van der Waals surface area contributed by atoms with Crippen molar-refractivity contribution in [3.05, 3.63) is 17.0 Å². The van der Waals surface area contributed by atoms with E-state index in [2.05, 4.69) is 61.9 Å². The highest BCUT2D eigenvalue weighted by molar-refractivity contribution is 14.0. The van der Waals surface area contributed by atoms with Gasteiger partial charge in [-0.15, -0.1) is 24.0 Å². The van der Waals surface area contributed by atoms with Crippen LogP contribution in [0.5, 0.6) is 0 Å². The molecule has 7 nitrogen and oxygen atoms in total. The van der Waals surface area contributed by atoms with Crippen molar-refractivity contribution in [3.63, 3.8) is 0 Å². The monoisotopic (exact) mass is 504 g/mol. The van der Waals surface area contributed by atoms with Gasteiger partial charge in [-0.2, -0.15) is 5.10 Å². The molecule has 2 rings (SSSR count). The van der Waals surface area contributed by atoms with Crippen LogP contribution in [0.3, 0.4) is 0 Å². The van der Waals surface area contributed by atoms with Gasteiger partial charge in [0, 0.05) is 44.5 Å². The molecule has 1 aliphatic rings. The number of amides is 1. The van der Waals surface area contributed by atoms with Gasteiger partial charge in [0.05, 0.1) is 17.8 Å². The molecule has 1 amide bonds. The van der Waals surface area contributed by atoms with E-state index in [-0.39, 0.29) is 41.5 Å². The van der Waals surface area contributed by atoms with Crippen LogP contribution >= 0.6 is 24.0 Å². The Morgan fingerprint density at radius 1 is 1.29 bits per heavy atom. The van der Waals surface area contributed by atoms with E-state index in [1.54, 1.807) is 7.05 Å². The third-order valence-electron chi connectivity index (χ3n) is 5.30. The van der Waals surface area contributed by atoms with E-state index < -0.39 is 0 Å². The summed E-state index contributed by atoms with van der Waals surface area (Å²) in [7, 11) is 3.78. The Bertz CT molecular complexity index is 710. The van der Waals surface area contributed by atoms with E-state index in [4.69, 9.17) is 0 Å². The number of piperazine rings is 1. The van der Waals surface area contributed by atoms with Crippen molar-refractivity contribution in [2.45, 2.75) is 72.5 Å². The predicted molar refractivity (Wildman–Crippen MR) is 125 cm³/mol. The molecule has 1 N–H and O–H groups in total. The summed E-state index contributed by atoms with van der Waals surface area (Å²) in [6.07, 6.45) is 1.85. The maximum absolute atomic E-state index is 12.7. The molecule has 28 heavy (non-hydrogen) atoms. The van der Waals surface area contributed by atoms with Crippen LogP contribution in [0.2, 0.25) is 0 Å². The van der Waals surface area contributed by atoms with Gasteiger partial charge in [-0.3, -0.25) is 14.5 Å². The second-order valence-corrected chi connectivity index (χ2v) is 8.13. The molecule has 0 aromatic carbocycles. The summed E-state index contributed by atoms with van der Waals surface area (Å²) >= 11 is 0. The van der Waals surface area contributed by atoms with Crippen LogP contribution in [0, 0.1) is 0 Å². The number of guanidine groups is 1. The lowest BCUT2D eigenvalue weighted by Gasteiger charge is -2.49. The molecule has 0 spiro atoms. The highest BCUT2D eigenvalue weighted by Gasteiger charge is 2.40. The first kappa shape index (κ1) is 24.7. The summed E-state index contributed by atoms with van der Waals surface area (Å²) in [4.78, 5) is 21.2. The lowest BCUT2D eigenvalue weighted by Crippen LogP contribution is -2.66. The van der Waals surface area contributed by atoms with Gasteiger partial charge < -0.3 is 15.1 Å². The Hall–Kier alpha value is -1.32. The molecular weight excluding hydrogens is 467 g/mol. The van der Waals surface area contributed by atoms with Gasteiger partial charge in [-0.05, 0) is 40.5 Å². The van der Waals surface area contributed by atoms with Crippen molar-refractivity contribution in [1.29, 1.82) is 0 Å². The second kappa shape index (κ2) is 9.93. The van der Waals surface area contributed by atoms with E-state index >= 15 is 0 Å². The number of carbonyl (C=O) groups excluding carboxylic acids is 1. The number of carbonyl (C=O) groups is 1. The summed E-state index contributed by atoms with van der Waals surface area (Å²) in [5, 5.41) is 8.12. The largest absolute Gasteiger partial charge is 0.352 e. The van der Waals surface area contributed by atoms with Crippen molar-refractivity contribution in [3.8, 4) is 0 Å². The third kappa shape index (κ3) is 4.99. The highest BCUT2D eigenvalue weighted by atomic mass is 127. The van der Waals surface area contributed by atoms with Crippen molar-refractivity contribution < 1.29 is 4.79 Å². The topological polar surface area (TPSA) is 65.8 Å². The average Bonchev–Trinajstić information content (AvgIpc) is 2.88. The molecule has 2 heterocycles. The lowest BCUT2D eigenvalue weighted by atomic mass is 9.96. The van der Waals surface area contributed by atoms with Crippen LogP contribution < -0.4 is 5.32 Å². The number of nitrogens with zero attached hydrogens (tertiary/aromatic N) is 5. The van der Waals surface area contributed by atoms with E-state index in [1.807, 2.05) is 16.6 Å². The fourth-order valence-electron chi connectivity index (χ4n) is 4.41. The first-order valence-electron chi connectivity index (χ1n) is 9.97. The molecule has 0 aliphatic carbocycles. The van der Waals surface area contributed by atoms with Gasteiger partial charge in [0.2, 0.25) is 5.91 Å². The smallest absolute Gasteiger partial charge is 0.242 e. The molecule has 1 aromatic heterocycles. The fourth-order valence-corrected chi connectivity index (χ4v) is 4.41. The van der Waals surface area contributed by atoms with Gasteiger partial charge in [0.25, 0.3) is 0 Å². The van der Waals surface area contributed by atoms with E-state index in [0.29, 0.717) is 13.1 Å². The third-order valence-corrected chi connectivity index (χ3v) is 5.30. The van der Waals surface area contributed by atoms with Crippen molar-refractivity contribution in [2.24, 2.45) is 12.0 Å². The SMILES string of the molecule is CCc1nn(C)c(CC)c1CNC(=NC)N1CC(=O)N(C(C)C)C(C)(C)C1.I. The Morgan fingerprint density at radius 2 is 1.93 bits per heavy atom. The fraction of sp³-hybridized carbons (Fsp3) is 0.750. The van der Waals surface area contributed by atoms with Crippen LogP contribution in [0.25, 0.3) is 0 Å². The van der Waals surface area contributed by atoms with E-state index in [0.717, 1.165) is 31.0 Å². The summed E-state index contributed by atoms with van der Waals surface area (Å²) in [6, 6.07) is 0.194. The molecule has 0 unspecified atom stereocenters. The van der Waals surface area contributed by atoms with Crippen molar-refractivity contribution in [2.75, 3.05) is 20.1 Å². The minimum atomic E-state index is -0.238. The van der Waals surface area contributed by atoms with Crippen LogP contribution in [0.15, 0.2) is 4.99 Å². The number of nitrogens with one attached hydrogen (secondary N) is 1. The van der Waals surface area contributed by atoms with Gasteiger partial charge in [0.15, 0.2) is 5.96 Å².